The molecule has 88 valence electrons. The highest BCUT2D eigenvalue weighted by Crippen LogP contribution is 2.20. The molecule has 0 radical (unpaired) electrons. The molecule has 0 aromatic heterocycles. The summed E-state index contributed by atoms with van der Waals surface area (Å²) >= 11 is 8.71. The molecular formula is C11H12BrClFNO. The second kappa shape index (κ2) is 6.86. The fraction of sp³-hybridized carbons (Fsp3) is 0.364. The largest absolute Gasteiger partial charge is 0.324 e. The molecule has 1 rings (SSSR count). The third-order valence-corrected chi connectivity index (χ3v) is 2.75. The number of hydrogen-bond acceptors (Lipinski definition) is 1. The van der Waals surface area contributed by atoms with Gasteiger partial charge in [-0.3, -0.25) is 4.79 Å². The molecule has 0 aliphatic rings. The normalized spacial score (nSPS) is 10.2. The van der Waals surface area contributed by atoms with Crippen molar-refractivity contribution >= 4 is 39.1 Å². The maximum Gasteiger partial charge on any atom is 0.224 e. The van der Waals surface area contributed by atoms with Gasteiger partial charge in [-0.2, -0.15) is 0 Å². The lowest BCUT2D eigenvalue weighted by Crippen LogP contribution is -2.12. The third-order valence-electron chi connectivity index (χ3n) is 1.99. The lowest BCUT2D eigenvalue weighted by atomic mass is 10.2. The molecule has 1 amide bonds. The highest BCUT2D eigenvalue weighted by Gasteiger charge is 2.06. The summed E-state index contributed by atoms with van der Waals surface area (Å²) in [5, 5.41) is 2.52. The summed E-state index contributed by atoms with van der Waals surface area (Å²) in [5.74, 6) is -0.0885. The summed E-state index contributed by atoms with van der Waals surface area (Å²) < 4.78 is 14.0. The van der Waals surface area contributed by atoms with E-state index in [4.69, 9.17) is 11.6 Å². The molecule has 0 bridgehead atoms. The predicted molar refractivity (Wildman–Crippen MR) is 67.3 cm³/mol. The summed E-state index contributed by atoms with van der Waals surface area (Å²) in [6.45, 7) is 0. The number of benzene rings is 1. The topological polar surface area (TPSA) is 29.1 Å². The number of halogens is 3. The minimum atomic E-state index is -0.436. The van der Waals surface area contributed by atoms with Gasteiger partial charge in [0.25, 0.3) is 0 Å². The van der Waals surface area contributed by atoms with Crippen molar-refractivity contribution in [1.82, 2.24) is 0 Å². The van der Waals surface area contributed by atoms with Crippen molar-refractivity contribution in [3.63, 3.8) is 0 Å². The molecule has 1 N–H and O–H groups in total. The number of alkyl halides is 1. The summed E-state index contributed by atoms with van der Waals surface area (Å²) in [6, 6.07) is 4.42. The van der Waals surface area contributed by atoms with Gasteiger partial charge in [-0.05, 0) is 31.0 Å². The summed E-state index contributed by atoms with van der Waals surface area (Å²) in [4.78, 5) is 11.4. The van der Waals surface area contributed by atoms with Crippen molar-refractivity contribution in [2.45, 2.75) is 19.3 Å². The van der Waals surface area contributed by atoms with Crippen LogP contribution >= 0.6 is 27.5 Å². The molecule has 0 unspecified atom stereocenters. The molecule has 0 saturated carbocycles. The van der Waals surface area contributed by atoms with Crippen LogP contribution in [0.4, 0.5) is 10.1 Å². The summed E-state index contributed by atoms with van der Waals surface area (Å²) in [6.07, 6.45) is 1.86. The number of anilines is 1. The Morgan fingerprint density at radius 3 is 2.88 bits per heavy atom. The van der Waals surface area contributed by atoms with Gasteiger partial charge >= 0.3 is 0 Å². The molecule has 0 aliphatic heterocycles. The van der Waals surface area contributed by atoms with Gasteiger partial charge in [0.15, 0.2) is 0 Å². The van der Waals surface area contributed by atoms with Crippen LogP contribution < -0.4 is 5.32 Å². The van der Waals surface area contributed by atoms with E-state index in [0.29, 0.717) is 18.7 Å². The second-order valence-corrected chi connectivity index (χ2v) is 4.61. The average molecular weight is 309 g/mol. The number of rotatable bonds is 5. The molecule has 16 heavy (non-hydrogen) atoms. The van der Waals surface area contributed by atoms with E-state index in [1.54, 1.807) is 6.07 Å². The Morgan fingerprint density at radius 2 is 2.19 bits per heavy atom. The Kier molecular flexibility index (Phi) is 5.77. The molecule has 1 aromatic carbocycles. The molecular weight excluding hydrogens is 296 g/mol. The van der Waals surface area contributed by atoms with Crippen LogP contribution in [0, 0.1) is 5.82 Å². The highest BCUT2D eigenvalue weighted by molar-refractivity contribution is 9.10. The van der Waals surface area contributed by atoms with Crippen LogP contribution in [0.3, 0.4) is 0 Å². The van der Waals surface area contributed by atoms with Gasteiger partial charge < -0.3 is 5.32 Å². The molecule has 0 heterocycles. The van der Waals surface area contributed by atoms with E-state index in [0.717, 1.165) is 10.9 Å². The van der Waals surface area contributed by atoms with Crippen molar-refractivity contribution in [2.75, 3.05) is 11.2 Å². The number of carbonyl (C=O) groups excluding carboxylic acids is 1. The van der Waals surface area contributed by atoms with Crippen LogP contribution in [0.2, 0.25) is 0 Å². The number of carbonyl (C=O) groups is 1. The third kappa shape index (κ3) is 4.49. The predicted octanol–water partition coefficient (Wildman–Crippen LogP) is 3.94. The monoisotopic (exact) mass is 307 g/mol. The SMILES string of the molecule is O=C(CCCCCl)Nc1cc(Br)ccc1F. The van der Waals surface area contributed by atoms with Gasteiger partial charge in [0.05, 0.1) is 5.69 Å². The number of nitrogens with one attached hydrogen (secondary N) is 1. The number of hydrogen-bond donors (Lipinski definition) is 1. The van der Waals surface area contributed by atoms with Gasteiger partial charge in [0.1, 0.15) is 5.82 Å². The zero-order valence-electron chi connectivity index (χ0n) is 8.60. The molecule has 0 fully saturated rings. The minimum Gasteiger partial charge on any atom is -0.324 e. The summed E-state index contributed by atoms with van der Waals surface area (Å²) in [7, 11) is 0. The maximum absolute atomic E-state index is 13.3. The van der Waals surface area contributed by atoms with Gasteiger partial charge in [-0.25, -0.2) is 4.39 Å². The molecule has 0 spiro atoms. The molecule has 5 heteroatoms. The van der Waals surface area contributed by atoms with E-state index in [-0.39, 0.29) is 11.6 Å². The number of amides is 1. The van der Waals surface area contributed by atoms with Crippen molar-refractivity contribution in [3.8, 4) is 0 Å². The first-order valence-electron chi connectivity index (χ1n) is 4.94. The van der Waals surface area contributed by atoms with Crippen molar-refractivity contribution in [2.24, 2.45) is 0 Å². The maximum atomic E-state index is 13.3. The van der Waals surface area contributed by atoms with E-state index >= 15 is 0 Å². The van der Waals surface area contributed by atoms with Crippen molar-refractivity contribution < 1.29 is 9.18 Å². The number of unbranched alkanes of at least 4 members (excludes halogenated alkanes) is 1. The molecule has 1 aromatic rings. The molecule has 0 atom stereocenters. The first-order chi connectivity index (χ1) is 7.63. The Labute approximate surface area is 107 Å². The van der Waals surface area contributed by atoms with Gasteiger partial charge in [0, 0.05) is 16.8 Å². The molecule has 0 saturated heterocycles. The fourth-order valence-corrected chi connectivity index (χ4v) is 1.74. The average Bonchev–Trinajstić information content (AvgIpc) is 2.24. The van der Waals surface area contributed by atoms with Crippen molar-refractivity contribution in [3.05, 3.63) is 28.5 Å². The second-order valence-electron chi connectivity index (χ2n) is 3.32. The van der Waals surface area contributed by atoms with Crippen LogP contribution in [0.5, 0.6) is 0 Å². The van der Waals surface area contributed by atoms with Crippen LogP contribution in [0.15, 0.2) is 22.7 Å². The van der Waals surface area contributed by atoms with Crippen LogP contribution in [0.1, 0.15) is 19.3 Å². The Morgan fingerprint density at radius 1 is 1.44 bits per heavy atom. The standard InChI is InChI=1S/C11H12BrClFNO/c12-8-4-5-9(14)10(7-8)15-11(16)3-1-2-6-13/h4-5,7H,1-3,6H2,(H,15,16). The Balaban J connectivity index is 2.52. The fourth-order valence-electron chi connectivity index (χ4n) is 1.19. The van der Waals surface area contributed by atoms with E-state index in [9.17, 15) is 9.18 Å². The highest BCUT2D eigenvalue weighted by atomic mass is 79.9. The van der Waals surface area contributed by atoms with E-state index in [1.165, 1.54) is 12.1 Å². The molecule has 2 nitrogen and oxygen atoms in total. The van der Waals surface area contributed by atoms with Crippen LogP contribution in [0.25, 0.3) is 0 Å². The van der Waals surface area contributed by atoms with Crippen LogP contribution in [-0.4, -0.2) is 11.8 Å². The first-order valence-corrected chi connectivity index (χ1v) is 6.27. The minimum absolute atomic E-state index is 0.192. The smallest absolute Gasteiger partial charge is 0.224 e. The van der Waals surface area contributed by atoms with E-state index < -0.39 is 5.82 Å². The van der Waals surface area contributed by atoms with Crippen LogP contribution in [-0.2, 0) is 4.79 Å². The zero-order chi connectivity index (χ0) is 12.0. The van der Waals surface area contributed by atoms with E-state index in [1.807, 2.05) is 0 Å². The lowest BCUT2D eigenvalue weighted by Gasteiger charge is -2.06. The Bertz CT molecular complexity index is 373. The van der Waals surface area contributed by atoms with Gasteiger partial charge in [-0.1, -0.05) is 15.9 Å². The lowest BCUT2D eigenvalue weighted by molar-refractivity contribution is -0.116. The summed E-state index contributed by atoms with van der Waals surface area (Å²) in [5.41, 5.74) is 0.199. The Hall–Kier alpha value is -0.610. The van der Waals surface area contributed by atoms with E-state index in [2.05, 4.69) is 21.2 Å². The molecule has 0 aliphatic carbocycles. The zero-order valence-corrected chi connectivity index (χ0v) is 10.9. The first kappa shape index (κ1) is 13.5. The van der Waals surface area contributed by atoms with Gasteiger partial charge in [0.2, 0.25) is 5.91 Å². The van der Waals surface area contributed by atoms with Crippen molar-refractivity contribution in [1.29, 1.82) is 0 Å². The quantitative estimate of drug-likeness (QED) is 0.648. The van der Waals surface area contributed by atoms with Gasteiger partial charge in [-0.15, -0.1) is 11.6 Å².